The summed E-state index contributed by atoms with van der Waals surface area (Å²) in [5, 5.41) is 3.07. The monoisotopic (exact) mass is 228 g/mol. The first-order valence-corrected chi connectivity index (χ1v) is 5.96. The van der Waals surface area contributed by atoms with Crippen LogP contribution in [0.2, 0.25) is 0 Å². The topological polar surface area (TPSA) is 38.0 Å². The molecule has 0 bridgehead atoms. The van der Waals surface area contributed by atoms with Crippen molar-refractivity contribution in [2.45, 2.75) is 33.2 Å². The van der Waals surface area contributed by atoms with Crippen molar-refractivity contribution in [2.75, 3.05) is 6.54 Å². The Morgan fingerprint density at radius 3 is 2.47 bits per heavy atom. The largest absolute Gasteiger partial charge is 0.329 e. The number of nitrogens with one attached hydrogen (secondary N) is 1. The van der Waals surface area contributed by atoms with Gasteiger partial charge in [0.1, 0.15) is 0 Å². The highest BCUT2D eigenvalue weighted by atomic mass is 31.0. The molecule has 2 unspecified atom stereocenters. The summed E-state index contributed by atoms with van der Waals surface area (Å²) in [6.45, 7) is 10.4. The summed E-state index contributed by atoms with van der Waals surface area (Å²) in [5.41, 5.74) is 6.76. The number of hydrogen-bond donors (Lipinski definition) is 2. The van der Waals surface area contributed by atoms with Crippen molar-refractivity contribution >= 4 is 9.39 Å². The maximum absolute atomic E-state index is 5.56. The quantitative estimate of drug-likeness (QED) is 0.542. The first kappa shape index (κ1) is 17.0. The Morgan fingerprint density at radius 1 is 1.53 bits per heavy atom. The minimum absolute atomic E-state index is 0.305. The molecule has 0 aromatic heterocycles. The third-order valence-corrected chi connectivity index (χ3v) is 2.24. The predicted octanol–water partition coefficient (Wildman–Crippen LogP) is 2.80. The second kappa shape index (κ2) is 13.6. The zero-order valence-electron chi connectivity index (χ0n) is 10.2. The van der Waals surface area contributed by atoms with E-state index < -0.39 is 0 Å². The van der Waals surface area contributed by atoms with Crippen molar-refractivity contribution in [3.8, 4) is 0 Å². The Labute approximate surface area is 97.0 Å². The average Bonchev–Trinajstić information content (AvgIpc) is 2.32. The van der Waals surface area contributed by atoms with Gasteiger partial charge in [-0.2, -0.15) is 0 Å². The van der Waals surface area contributed by atoms with Crippen LogP contribution in [0, 0.1) is 0 Å². The first-order chi connectivity index (χ1) is 7.28. The van der Waals surface area contributed by atoms with Crippen molar-refractivity contribution in [1.29, 1.82) is 0 Å². The molecule has 0 heterocycles. The van der Waals surface area contributed by atoms with Gasteiger partial charge in [-0.25, -0.2) is 0 Å². The second-order valence-electron chi connectivity index (χ2n) is 2.77. The highest BCUT2D eigenvalue weighted by Gasteiger charge is 2.03. The van der Waals surface area contributed by atoms with E-state index in [1.807, 2.05) is 39.0 Å². The molecule has 2 nitrogen and oxygen atoms in total. The van der Waals surface area contributed by atoms with Gasteiger partial charge in [-0.15, -0.1) is 0 Å². The fraction of sp³-hybridized carbons (Fsp3) is 0.500. The van der Waals surface area contributed by atoms with Crippen LogP contribution in [-0.4, -0.2) is 12.6 Å². The van der Waals surface area contributed by atoms with Crippen molar-refractivity contribution in [1.82, 2.24) is 5.09 Å². The molecular formula is C12H25N2P. The van der Waals surface area contributed by atoms with Crippen molar-refractivity contribution in [3.05, 3.63) is 36.5 Å². The normalized spacial score (nSPS) is 13.3. The van der Waals surface area contributed by atoms with Crippen LogP contribution in [0.4, 0.5) is 0 Å². The van der Waals surface area contributed by atoms with Gasteiger partial charge in [0.15, 0.2) is 0 Å². The number of rotatable bonds is 6. The molecule has 0 radical (unpaired) electrons. The molecule has 3 heteroatoms. The third-order valence-electron chi connectivity index (χ3n) is 1.77. The Balaban J connectivity index is 0. The first-order valence-electron chi connectivity index (χ1n) is 5.39. The van der Waals surface area contributed by atoms with Gasteiger partial charge in [0.25, 0.3) is 0 Å². The summed E-state index contributed by atoms with van der Waals surface area (Å²) >= 11 is 0. The van der Waals surface area contributed by atoms with E-state index in [0.29, 0.717) is 12.6 Å². The molecule has 0 aliphatic carbocycles. The molecule has 0 aliphatic rings. The number of hydrogen-bond acceptors (Lipinski definition) is 2. The van der Waals surface area contributed by atoms with E-state index in [1.165, 1.54) is 5.57 Å². The lowest BCUT2D eigenvalue weighted by molar-refractivity contribution is 0.639. The van der Waals surface area contributed by atoms with Crippen molar-refractivity contribution < 1.29 is 0 Å². The maximum Gasteiger partial charge on any atom is 0.0262 e. The van der Waals surface area contributed by atoms with Crippen LogP contribution >= 0.6 is 9.39 Å². The fourth-order valence-corrected chi connectivity index (χ4v) is 1.19. The summed E-state index contributed by atoms with van der Waals surface area (Å²) in [7, 11) is 2.49. The highest BCUT2D eigenvalue weighted by molar-refractivity contribution is 7.13. The highest BCUT2D eigenvalue weighted by Crippen LogP contribution is 2.07. The Bertz CT molecular complexity index is 194. The van der Waals surface area contributed by atoms with Gasteiger partial charge in [-0.3, -0.25) is 5.09 Å². The van der Waals surface area contributed by atoms with Gasteiger partial charge in [-0.1, -0.05) is 54.1 Å². The van der Waals surface area contributed by atoms with Crippen LogP contribution < -0.4 is 10.8 Å². The third kappa shape index (κ3) is 9.86. The van der Waals surface area contributed by atoms with E-state index in [4.69, 9.17) is 5.73 Å². The zero-order chi connectivity index (χ0) is 12.1. The molecular weight excluding hydrogens is 203 g/mol. The molecule has 3 N–H and O–H groups in total. The maximum atomic E-state index is 5.56. The molecule has 0 aromatic rings. The van der Waals surface area contributed by atoms with Crippen LogP contribution in [0.25, 0.3) is 0 Å². The summed E-state index contributed by atoms with van der Waals surface area (Å²) in [5.74, 6) is 0. The molecule has 0 fully saturated rings. The fourth-order valence-electron chi connectivity index (χ4n) is 0.934. The van der Waals surface area contributed by atoms with Gasteiger partial charge in [0, 0.05) is 12.6 Å². The lowest BCUT2D eigenvalue weighted by atomic mass is 10.1. The molecule has 0 aliphatic heterocycles. The summed E-state index contributed by atoms with van der Waals surface area (Å²) in [6.07, 6.45) is 8.83. The van der Waals surface area contributed by atoms with Crippen LogP contribution in [0.3, 0.4) is 0 Å². The van der Waals surface area contributed by atoms with Gasteiger partial charge in [-0.05, 0) is 18.9 Å². The standard InChI is InChI=1S/C10H19N2P.C2H6/c1-3-5-6-9(4-2)7-10(8-11)12-13;1-2/h3-6,10,12H,2,7-8,11,13H2,1H3;1-2H3/b5-3-,9-6+;. The molecule has 88 valence electrons. The van der Waals surface area contributed by atoms with Crippen LogP contribution in [0.1, 0.15) is 27.2 Å². The number of allylic oxidation sites excluding steroid dienone is 4. The summed E-state index contributed by atoms with van der Waals surface area (Å²) in [6, 6.07) is 0.305. The van der Waals surface area contributed by atoms with Crippen LogP contribution in [-0.2, 0) is 0 Å². The Morgan fingerprint density at radius 2 is 2.13 bits per heavy atom. The van der Waals surface area contributed by atoms with Crippen molar-refractivity contribution in [3.63, 3.8) is 0 Å². The average molecular weight is 228 g/mol. The van der Waals surface area contributed by atoms with Crippen LogP contribution in [0.15, 0.2) is 36.5 Å². The van der Waals surface area contributed by atoms with Crippen molar-refractivity contribution in [2.24, 2.45) is 5.73 Å². The molecule has 0 saturated carbocycles. The molecule has 0 rings (SSSR count). The second-order valence-corrected chi connectivity index (χ2v) is 3.11. The lowest BCUT2D eigenvalue weighted by Gasteiger charge is -2.13. The lowest BCUT2D eigenvalue weighted by Crippen LogP contribution is -2.29. The smallest absolute Gasteiger partial charge is 0.0262 e. The zero-order valence-corrected chi connectivity index (χ0v) is 11.3. The van der Waals surface area contributed by atoms with E-state index in [2.05, 4.69) is 27.1 Å². The van der Waals surface area contributed by atoms with E-state index in [9.17, 15) is 0 Å². The predicted molar refractivity (Wildman–Crippen MR) is 74.7 cm³/mol. The minimum atomic E-state index is 0.305. The van der Waals surface area contributed by atoms with E-state index in [1.54, 1.807) is 0 Å². The van der Waals surface area contributed by atoms with E-state index in [-0.39, 0.29) is 0 Å². The van der Waals surface area contributed by atoms with E-state index >= 15 is 0 Å². The SMILES string of the molecule is C=C/C(=C\C=C/C)CC(CN)NP.CC. The van der Waals surface area contributed by atoms with Gasteiger partial charge in [0.2, 0.25) is 0 Å². The summed E-state index contributed by atoms with van der Waals surface area (Å²) in [4.78, 5) is 0. The molecule has 2 atom stereocenters. The Kier molecular flexibility index (Phi) is 15.4. The minimum Gasteiger partial charge on any atom is -0.329 e. The molecule has 0 spiro atoms. The van der Waals surface area contributed by atoms with Crippen LogP contribution in [0.5, 0.6) is 0 Å². The van der Waals surface area contributed by atoms with Gasteiger partial charge in [0.05, 0.1) is 0 Å². The Hall–Kier alpha value is -0.430. The molecule has 0 saturated heterocycles. The van der Waals surface area contributed by atoms with E-state index in [0.717, 1.165) is 6.42 Å². The molecule has 0 amide bonds. The summed E-state index contributed by atoms with van der Waals surface area (Å²) < 4.78 is 0. The van der Waals surface area contributed by atoms with Gasteiger partial charge < -0.3 is 5.73 Å². The molecule has 0 aromatic carbocycles. The molecule has 15 heavy (non-hydrogen) atoms. The number of nitrogens with two attached hydrogens (primary N) is 1. The van der Waals surface area contributed by atoms with Gasteiger partial charge >= 0.3 is 0 Å².